The van der Waals surface area contributed by atoms with E-state index in [4.69, 9.17) is 0 Å². The molecule has 2 aromatic carbocycles. The van der Waals surface area contributed by atoms with Crippen molar-refractivity contribution in [1.82, 2.24) is 4.57 Å². The summed E-state index contributed by atoms with van der Waals surface area (Å²) in [5.74, 6) is -1.17. The standard InChI is InChI=1S/C23H27NO3.Na/c1-3-4-10-22(25)21-14-18-13-16(2)19(23(26)27)15-20(18)24(21)12-11-17-8-6-5-7-9-17;/h5-9,13-15,22,25H,3-4,10-12H2,1-2H3,(H,26,27);/q;+1/p-1. The van der Waals surface area contributed by atoms with Gasteiger partial charge in [-0.05, 0) is 49.1 Å². The third-order valence-corrected chi connectivity index (χ3v) is 5.14. The molecule has 1 atom stereocenters. The molecule has 0 aliphatic carbocycles. The average Bonchev–Trinajstić information content (AvgIpc) is 3.01. The Morgan fingerprint density at radius 2 is 1.89 bits per heavy atom. The number of nitrogens with zero attached hydrogens (tertiary/aromatic N) is 1. The Morgan fingerprint density at radius 1 is 1.18 bits per heavy atom. The molecular weight excluding hydrogens is 361 g/mol. The molecule has 0 radical (unpaired) electrons. The number of hydrogen-bond donors (Lipinski definition) is 1. The summed E-state index contributed by atoms with van der Waals surface area (Å²) < 4.78 is 2.06. The molecule has 1 unspecified atom stereocenters. The third-order valence-electron chi connectivity index (χ3n) is 5.14. The number of rotatable bonds is 8. The summed E-state index contributed by atoms with van der Waals surface area (Å²) in [6, 6.07) is 15.7. The van der Waals surface area contributed by atoms with E-state index in [1.807, 2.05) is 30.3 Å². The number of aryl methyl sites for hydroxylation is 3. The van der Waals surface area contributed by atoms with Gasteiger partial charge in [0.05, 0.1) is 12.1 Å². The molecule has 1 heterocycles. The zero-order valence-electron chi connectivity index (χ0n) is 16.9. The fraction of sp³-hybridized carbons (Fsp3) is 0.348. The molecule has 3 rings (SSSR count). The van der Waals surface area contributed by atoms with E-state index in [2.05, 4.69) is 23.6 Å². The maximum atomic E-state index is 11.5. The van der Waals surface area contributed by atoms with E-state index >= 15 is 0 Å². The van der Waals surface area contributed by atoms with Crippen molar-refractivity contribution in [2.24, 2.45) is 0 Å². The van der Waals surface area contributed by atoms with E-state index in [1.54, 1.807) is 13.0 Å². The van der Waals surface area contributed by atoms with Crippen molar-refractivity contribution in [3.63, 3.8) is 0 Å². The fourth-order valence-corrected chi connectivity index (χ4v) is 3.62. The van der Waals surface area contributed by atoms with Crippen LogP contribution in [0.4, 0.5) is 0 Å². The maximum absolute atomic E-state index is 11.5. The van der Waals surface area contributed by atoms with E-state index in [0.717, 1.165) is 35.9 Å². The van der Waals surface area contributed by atoms with Crippen molar-refractivity contribution in [3.05, 3.63) is 70.9 Å². The summed E-state index contributed by atoms with van der Waals surface area (Å²) >= 11 is 0. The van der Waals surface area contributed by atoms with Crippen LogP contribution in [0.15, 0.2) is 48.5 Å². The van der Waals surface area contributed by atoms with Crippen molar-refractivity contribution in [2.75, 3.05) is 0 Å². The van der Waals surface area contributed by atoms with Crippen LogP contribution in [0.25, 0.3) is 10.9 Å². The number of carboxylic acid groups (broad SMARTS) is 1. The molecular formula is C23H26NNaO3. The first-order chi connectivity index (χ1) is 13.0. The number of hydrogen-bond acceptors (Lipinski definition) is 3. The van der Waals surface area contributed by atoms with Gasteiger partial charge in [0.2, 0.25) is 0 Å². The second-order valence-corrected chi connectivity index (χ2v) is 7.13. The minimum atomic E-state index is -1.17. The Labute approximate surface area is 188 Å². The molecule has 0 aliphatic heterocycles. The molecule has 0 saturated carbocycles. The predicted octanol–water partition coefficient (Wildman–Crippen LogP) is 0.784. The van der Waals surface area contributed by atoms with Crippen molar-refractivity contribution in [2.45, 2.75) is 52.2 Å². The number of fused-ring (bicyclic) bond motifs is 1. The first-order valence-electron chi connectivity index (χ1n) is 9.58. The van der Waals surface area contributed by atoms with E-state index in [1.165, 1.54) is 5.56 Å². The molecule has 0 bridgehead atoms. The average molecular weight is 387 g/mol. The third kappa shape index (κ3) is 5.06. The number of unbranched alkanes of at least 4 members (excludes halogenated alkanes) is 1. The summed E-state index contributed by atoms with van der Waals surface area (Å²) in [6.45, 7) is 4.56. The summed E-state index contributed by atoms with van der Waals surface area (Å²) in [4.78, 5) is 11.5. The molecule has 3 aromatic rings. The number of carboxylic acids is 1. The van der Waals surface area contributed by atoms with E-state index in [-0.39, 0.29) is 35.1 Å². The van der Waals surface area contributed by atoms with Crippen molar-refractivity contribution in [3.8, 4) is 0 Å². The molecule has 0 amide bonds. The zero-order chi connectivity index (χ0) is 19.4. The molecule has 0 spiro atoms. The van der Waals surface area contributed by atoms with Crippen LogP contribution < -0.4 is 34.7 Å². The first kappa shape index (κ1) is 22.7. The van der Waals surface area contributed by atoms with Crippen LogP contribution in [0.1, 0.15) is 59.5 Å². The number of carbonyl (C=O) groups excluding carboxylic acids is 1. The summed E-state index contributed by atoms with van der Waals surface area (Å²) in [6.07, 6.45) is 2.93. The largest absolute Gasteiger partial charge is 1.00 e. The quantitative estimate of drug-likeness (QED) is 0.581. The Balaban J connectivity index is 0.00000280. The number of carbonyl (C=O) groups is 1. The molecule has 0 fully saturated rings. The molecule has 1 N–H and O–H groups in total. The number of benzene rings is 2. The topological polar surface area (TPSA) is 65.3 Å². The van der Waals surface area contributed by atoms with Gasteiger partial charge in [-0.2, -0.15) is 0 Å². The molecule has 5 heteroatoms. The fourth-order valence-electron chi connectivity index (χ4n) is 3.62. The van der Waals surface area contributed by atoms with Gasteiger partial charge in [0.1, 0.15) is 0 Å². The number of aliphatic hydroxyl groups excluding tert-OH is 1. The second kappa shape index (κ2) is 10.3. The van der Waals surface area contributed by atoms with E-state index in [9.17, 15) is 15.0 Å². The minimum absolute atomic E-state index is 0. The van der Waals surface area contributed by atoms with Crippen LogP contribution >= 0.6 is 0 Å². The number of aliphatic hydroxyl groups is 1. The van der Waals surface area contributed by atoms with Gasteiger partial charge in [-0.3, -0.25) is 0 Å². The zero-order valence-corrected chi connectivity index (χ0v) is 18.9. The van der Waals surface area contributed by atoms with Gasteiger partial charge in [0, 0.05) is 28.7 Å². The number of aromatic carboxylic acids is 1. The van der Waals surface area contributed by atoms with E-state index < -0.39 is 12.1 Å². The first-order valence-corrected chi connectivity index (χ1v) is 9.58. The Hall–Kier alpha value is -1.59. The SMILES string of the molecule is CCCCC(O)c1cc2cc(C)c(C(=O)[O-])cc2n1CCc1ccccc1.[Na+]. The van der Waals surface area contributed by atoms with Gasteiger partial charge < -0.3 is 19.6 Å². The molecule has 1 aromatic heterocycles. The molecule has 0 saturated heterocycles. The van der Waals surface area contributed by atoms with Crippen LogP contribution in [0.3, 0.4) is 0 Å². The van der Waals surface area contributed by atoms with Crippen molar-refractivity contribution < 1.29 is 44.6 Å². The molecule has 28 heavy (non-hydrogen) atoms. The van der Waals surface area contributed by atoms with E-state index in [0.29, 0.717) is 18.5 Å². The van der Waals surface area contributed by atoms with Crippen LogP contribution in [0.5, 0.6) is 0 Å². The van der Waals surface area contributed by atoms with Crippen LogP contribution in [-0.4, -0.2) is 15.6 Å². The molecule has 142 valence electrons. The Bertz CT molecular complexity index is 934. The normalized spacial score (nSPS) is 12.0. The van der Waals surface area contributed by atoms with Gasteiger partial charge in [-0.15, -0.1) is 0 Å². The van der Waals surface area contributed by atoms with Gasteiger partial charge in [-0.25, -0.2) is 0 Å². The van der Waals surface area contributed by atoms with Gasteiger partial charge in [0.15, 0.2) is 0 Å². The van der Waals surface area contributed by atoms with Gasteiger partial charge in [-0.1, -0.05) is 50.1 Å². The van der Waals surface area contributed by atoms with Crippen LogP contribution in [0.2, 0.25) is 0 Å². The number of aromatic nitrogens is 1. The predicted molar refractivity (Wildman–Crippen MR) is 106 cm³/mol. The van der Waals surface area contributed by atoms with Crippen LogP contribution in [-0.2, 0) is 13.0 Å². The Kier molecular flexibility index (Phi) is 8.32. The monoisotopic (exact) mass is 387 g/mol. The van der Waals surface area contributed by atoms with Crippen molar-refractivity contribution >= 4 is 16.9 Å². The second-order valence-electron chi connectivity index (χ2n) is 7.13. The van der Waals surface area contributed by atoms with Gasteiger partial charge in [0.25, 0.3) is 0 Å². The van der Waals surface area contributed by atoms with Gasteiger partial charge >= 0.3 is 29.6 Å². The summed E-state index contributed by atoms with van der Waals surface area (Å²) in [5.41, 5.74) is 3.78. The summed E-state index contributed by atoms with van der Waals surface area (Å²) in [5, 5.41) is 23.2. The van der Waals surface area contributed by atoms with Crippen LogP contribution in [0, 0.1) is 6.92 Å². The molecule has 4 nitrogen and oxygen atoms in total. The smallest absolute Gasteiger partial charge is 0.545 e. The summed E-state index contributed by atoms with van der Waals surface area (Å²) in [7, 11) is 0. The maximum Gasteiger partial charge on any atom is 1.00 e. The van der Waals surface area contributed by atoms with Crippen molar-refractivity contribution in [1.29, 1.82) is 0 Å². The minimum Gasteiger partial charge on any atom is -0.545 e. The molecule has 0 aliphatic rings. The Morgan fingerprint density at radius 3 is 2.54 bits per heavy atom.